The van der Waals surface area contributed by atoms with E-state index in [0.29, 0.717) is 5.75 Å². The molecule has 0 atom stereocenters. The van der Waals surface area contributed by atoms with Crippen LogP contribution in [0.15, 0.2) is 53.4 Å². The summed E-state index contributed by atoms with van der Waals surface area (Å²) in [5.41, 5.74) is 5.27. The molecule has 0 aliphatic rings. The molecule has 0 spiro atoms. The maximum atomic E-state index is 12.2. The highest BCUT2D eigenvalue weighted by Gasteiger charge is 2.19. The molecule has 3 amide bonds. The molecule has 11 heteroatoms. The summed E-state index contributed by atoms with van der Waals surface area (Å²) in [6.07, 6.45) is 0.0454. The zero-order chi connectivity index (χ0) is 23.0. The highest BCUT2D eigenvalue weighted by molar-refractivity contribution is 7.89. The zero-order valence-electron chi connectivity index (χ0n) is 17.3. The summed E-state index contributed by atoms with van der Waals surface area (Å²) < 4.78 is 30.4. The number of benzene rings is 2. The number of methoxy groups -OCH3 is 1. The van der Waals surface area contributed by atoms with Gasteiger partial charge in [-0.3, -0.25) is 25.2 Å². The Hall–Kier alpha value is -3.44. The van der Waals surface area contributed by atoms with Gasteiger partial charge in [-0.25, -0.2) is 12.7 Å². The van der Waals surface area contributed by atoms with E-state index in [1.165, 1.54) is 38.4 Å². The Kier molecular flexibility index (Phi) is 8.11. The number of ether oxygens (including phenoxy) is 1. The second kappa shape index (κ2) is 10.5. The number of nitrogens with one attached hydrogen (secondary N) is 3. The molecule has 0 unspecified atom stereocenters. The van der Waals surface area contributed by atoms with Crippen LogP contribution in [0.5, 0.6) is 5.75 Å². The SMILES string of the molecule is COc1ccc(CC(=O)NNC(=O)CNC(=O)c2cccc(S(=O)(=O)N(C)C)c2)cc1. The van der Waals surface area contributed by atoms with E-state index in [2.05, 4.69) is 16.2 Å². The van der Waals surface area contributed by atoms with Crippen LogP contribution in [0.1, 0.15) is 15.9 Å². The Morgan fingerprint density at radius 3 is 2.23 bits per heavy atom. The van der Waals surface area contributed by atoms with Gasteiger partial charge in [-0.1, -0.05) is 18.2 Å². The molecule has 0 saturated carbocycles. The molecule has 0 aliphatic carbocycles. The average Bonchev–Trinajstić information content (AvgIpc) is 2.76. The molecule has 0 aromatic heterocycles. The topological polar surface area (TPSA) is 134 Å². The summed E-state index contributed by atoms with van der Waals surface area (Å²) in [5, 5.41) is 2.37. The Morgan fingerprint density at radius 1 is 0.968 bits per heavy atom. The molecule has 2 aromatic carbocycles. The quantitative estimate of drug-likeness (QED) is 0.489. The van der Waals surface area contributed by atoms with Crippen LogP contribution in [0.2, 0.25) is 0 Å². The van der Waals surface area contributed by atoms with Crippen molar-refractivity contribution in [3.63, 3.8) is 0 Å². The number of hydrogen-bond donors (Lipinski definition) is 3. The molecule has 3 N–H and O–H groups in total. The van der Waals surface area contributed by atoms with Crippen molar-refractivity contribution in [3.8, 4) is 5.75 Å². The van der Waals surface area contributed by atoms with Gasteiger partial charge in [0.1, 0.15) is 5.75 Å². The second-order valence-electron chi connectivity index (χ2n) is 6.62. The number of hydrazine groups is 1. The molecule has 0 fully saturated rings. The molecule has 0 radical (unpaired) electrons. The first kappa shape index (κ1) is 23.8. The molecule has 0 bridgehead atoms. The minimum atomic E-state index is -3.69. The maximum absolute atomic E-state index is 12.2. The van der Waals surface area contributed by atoms with Crippen LogP contribution in [0.3, 0.4) is 0 Å². The summed E-state index contributed by atoms with van der Waals surface area (Å²) in [7, 11) is 0.616. The van der Waals surface area contributed by atoms with Gasteiger partial charge in [0.25, 0.3) is 11.8 Å². The second-order valence-corrected chi connectivity index (χ2v) is 8.77. The van der Waals surface area contributed by atoms with Gasteiger partial charge in [-0.05, 0) is 35.9 Å². The molecule has 0 aliphatic heterocycles. The fourth-order valence-corrected chi connectivity index (χ4v) is 3.38. The Bertz CT molecular complexity index is 1050. The molecule has 0 saturated heterocycles. The van der Waals surface area contributed by atoms with Crippen molar-refractivity contribution in [3.05, 3.63) is 59.7 Å². The summed E-state index contributed by atoms with van der Waals surface area (Å²) in [6.45, 7) is -0.410. The number of rotatable bonds is 8. The molecular weight excluding hydrogens is 424 g/mol. The van der Waals surface area contributed by atoms with Gasteiger partial charge in [0.15, 0.2) is 0 Å². The van der Waals surface area contributed by atoms with Crippen LogP contribution < -0.4 is 20.9 Å². The minimum Gasteiger partial charge on any atom is -0.497 e. The van der Waals surface area contributed by atoms with Gasteiger partial charge in [0.2, 0.25) is 15.9 Å². The third-order valence-electron chi connectivity index (χ3n) is 4.15. The van der Waals surface area contributed by atoms with Gasteiger partial charge in [-0.2, -0.15) is 0 Å². The predicted molar refractivity (Wildman–Crippen MR) is 113 cm³/mol. The monoisotopic (exact) mass is 448 g/mol. The van der Waals surface area contributed by atoms with Gasteiger partial charge in [0.05, 0.1) is 25.0 Å². The summed E-state index contributed by atoms with van der Waals surface area (Å²) in [5.74, 6) is -1.05. The van der Waals surface area contributed by atoms with Crippen molar-refractivity contribution in [1.82, 2.24) is 20.5 Å². The van der Waals surface area contributed by atoms with Crippen LogP contribution in [0.25, 0.3) is 0 Å². The molecule has 166 valence electrons. The summed E-state index contributed by atoms with van der Waals surface area (Å²) in [4.78, 5) is 36.0. The van der Waals surface area contributed by atoms with E-state index in [1.807, 2.05) is 0 Å². The highest BCUT2D eigenvalue weighted by atomic mass is 32.2. The molecular formula is C20H24N4O6S. The standard InChI is InChI=1S/C20H24N4O6S/c1-24(2)31(28,29)17-6-4-5-15(12-17)20(27)21-13-19(26)23-22-18(25)11-14-7-9-16(30-3)10-8-14/h4-10,12H,11,13H2,1-3H3,(H,21,27)(H,22,25)(H,23,26). The van der Waals surface area contributed by atoms with Gasteiger partial charge in [-0.15, -0.1) is 0 Å². The van der Waals surface area contributed by atoms with E-state index in [0.717, 1.165) is 9.87 Å². The molecule has 31 heavy (non-hydrogen) atoms. The summed E-state index contributed by atoms with van der Waals surface area (Å²) in [6, 6.07) is 12.3. The van der Waals surface area contributed by atoms with Crippen molar-refractivity contribution < 1.29 is 27.5 Å². The third kappa shape index (κ3) is 6.79. The van der Waals surface area contributed by atoms with E-state index in [4.69, 9.17) is 4.74 Å². The van der Waals surface area contributed by atoms with E-state index in [-0.39, 0.29) is 16.9 Å². The van der Waals surface area contributed by atoms with Gasteiger partial charge < -0.3 is 10.1 Å². The average molecular weight is 449 g/mol. The van der Waals surface area contributed by atoms with Crippen molar-refractivity contribution in [2.45, 2.75) is 11.3 Å². The van der Waals surface area contributed by atoms with E-state index < -0.39 is 34.3 Å². The lowest BCUT2D eigenvalue weighted by Gasteiger charge is -2.12. The van der Waals surface area contributed by atoms with Crippen LogP contribution in [-0.4, -0.2) is 58.2 Å². The molecule has 0 heterocycles. The van der Waals surface area contributed by atoms with E-state index in [9.17, 15) is 22.8 Å². The fraction of sp³-hybridized carbons (Fsp3) is 0.250. The third-order valence-corrected chi connectivity index (χ3v) is 5.96. The van der Waals surface area contributed by atoms with Crippen LogP contribution in [0.4, 0.5) is 0 Å². The number of hydrogen-bond acceptors (Lipinski definition) is 6. The Balaban J connectivity index is 1.83. The maximum Gasteiger partial charge on any atom is 0.257 e. The van der Waals surface area contributed by atoms with Crippen molar-refractivity contribution in [2.75, 3.05) is 27.7 Å². The first-order valence-corrected chi connectivity index (χ1v) is 10.6. The zero-order valence-corrected chi connectivity index (χ0v) is 18.2. The minimum absolute atomic E-state index is 0.0413. The van der Waals surface area contributed by atoms with Crippen LogP contribution >= 0.6 is 0 Å². The van der Waals surface area contributed by atoms with Crippen LogP contribution in [0, 0.1) is 0 Å². The van der Waals surface area contributed by atoms with Gasteiger partial charge in [0, 0.05) is 19.7 Å². The predicted octanol–water partition coefficient (Wildman–Crippen LogP) is 0.0654. The smallest absolute Gasteiger partial charge is 0.257 e. The lowest BCUT2D eigenvalue weighted by Crippen LogP contribution is -2.46. The fourth-order valence-electron chi connectivity index (χ4n) is 2.43. The normalized spacial score (nSPS) is 11.0. The highest BCUT2D eigenvalue weighted by Crippen LogP contribution is 2.15. The lowest BCUT2D eigenvalue weighted by atomic mass is 10.1. The van der Waals surface area contributed by atoms with E-state index >= 15 is 0 Å². The lowest BCUT2D eigenvalue weighted by molar-refractivity contribution is -0.128. The number of amides is 3. The first-order valence-electron chi connectivity index (χ1n) is 9.15. The van der Waals surface area contributed by atoms with Crippen molar-refractivity contribution in [1.29, 1.82) is 0 Å². The van der Waals surface area contributed by atoms with E-state index in [1.54, 1.807) is 31.4 Å². The van der Waals surface area contributed by atoms with Crippen molar-refractivity contribution in [2.24, 2.45) is 0 Å². The molecule has 2 rings (SSSR count). The molecule has 10 nitrogen and oxygen atoms in total. The van der Waals surface area contributed by atoms with Crippen molar-refractivity contribution >= 4 is 27.7 Å². The largest absolute Gasteiger partial charge is 0.497 e. The Morgan fingerprint density at radius 2 is 1.61 bits per heavy atom. The Labute approximate surface area is 180 Å². The number of sulfonamides is 1. The summed E-state index contributed by atoms with van der Waals surface area (Å²) >= 11 is 0. The number of nitrogens with zero attached hydrogens (tertiary/aromatic N) is 1. The van der Waals surface area contributed by atoms with Gasteiger partial charge >= 0.3 is 0 Å². The number of carbonyl (C=O) groups is 3. The van der Waals surface area contributed by atoms with Crippen LogP contribution in [-0.2, 0) is 26.0 Å². The molecule has 2 aromatic rings. The number of carbonyl (C=O) groups excluding carboxylic acids is 3. The first-order chi connectivity index (χ1) is 14.6.